The van der Waals surface area contributed by atoms with E-state index in [2.05, 4.69) is 29.0 Å². The maximum Gasteiger partial charge on any atom is 0.374 e. The summed E-state index contributed by atoms with van der Waals surface area (Å²) in [5, 5.41) is 0. The molecule has 0 aliphatic rings. The van der Waals surface area contributed by atoms with Crippen molar-refractivity contribution in [2.75, 3.05) is 6.61 Å². The highest BCUT2D eigenvalue weighted by Gasteiger charge is 2.11. The molecule has 0 aliphatic carbocycles. The van der Waals surface area contributed by atoms with E-state index < -0.39 is 5.97 Å². The second kappa shape index (κ2) is 6.18. The molecule has 1 heterocycles. The molecule has 1 aromatic heterocycles. The number of nitrogens with zero attached hydrogens (tertiary/aromatic N) is 1. The number of carbonyl (C=O) groups is 1. The molecule has 0 saturated heterocycles. The monoisotopic (exact) mass is 258 g/mol. The van der Waals surface area contributed by atoms with Crippen molar-refractivity contribution >= 4 is 5.97 Å². The van der Waals surface area contributed by atoms with E-state index in [1.165, 1.54) is 5.56 Å². The Hall–Kier alpha value is -2.10. The lowest BCUT2D eigenvalue weighted by Gasteiger charge is -2.01. The van der Waals surface area contributed by atoms with E-state index >= 15 is 0 Å². The third-order valence-electron chi connectivity index (χ3n) is 2.85. The van der Waals surface area contributed by atoms with Crippen LogP contribution >= 0.6 is 0 Å². The van der Waals surface area contributed by atoms with Crippen LogP contribution in [0.1, 0.15) is 36.5 Å². The van der Waals surface area contributed by atoms with Crippen molar-refractivity contribution in [2.45, 2.75) is 26.7 Å². The van der Waals surface area contributed by atoms with Gasteiger partial charge in [-0.1, -0.05) is 37.6 Å². The fourth-order valence-corrected chi connectivity index (χ4v) is 1.91. The average Bonchev–Trinajstić information content (AvgIpc) is 2.90. The van der Waals surface area contributed by atoms with Crippen LogP contribution in [-0.4, -0.2) is 22.5 Å². The predicted octanol–water partition coefficient (Wildman–Crippen LogP) is 3.21. The van der Waals surface area contributed by atoms with Gasteiger partial charge in [0.2, 0.25) is 5.82 Å². The Morgan fingerprint density at radius 3 is 2.63 bits per heavy atom. The normalized spacial score (nSPS) is 10.4. The van der Waals surface area contributed by atoms with Gasteiger partial charge in [0.1, 0.15) is 0 Å². The Bertz CT molecular complexity index is 544. The summed E-state index contributed by atoms with van der Waals surface area (Å²) in [7, 11) is 0. The van der Waals surface area contributed by atoms with Gasteiger partial charge in [-0.25, -0.2) is 9.78 Å². The maximum absolute atomic E-state index is 11.5. The van der Waals surface area contributed by atoms with Crippen LogP contribution in [0.25, 0.3) is 11.3 Å². The van der Waals surface area contributed by atoms with Gasteiger partial charge >= 0.3 is 5.97 Å². The molecule has 0 amide bonds. The molecule has 4 heteroatoms. The lowest BCUT2D eigenvalue weighted by Crippen LogP contribution is -2.06. The number of aromatic amines is 1. The number of benzene rings is 1. The van der Waals surface area contributed by atoms with Gasteiger partial charge in [0, 0.05) is 0 Å². The Kier molecular flexibility index (Phi) is 4.34. The summed E-state index contributed by atoms with van der Waals surface area (Å²) < 4.78 is 4.90. The van der Waals surface area contributed by atoms with Gasteiger partial charge in [0.15, 0.2) is 0 Å². The molecular weight excluding hydrogens is 240 g/mol. The van der Waals surface area contributed by atoms with Crippen LogP contribution in [-0.2, 0) is 11.2 Å². The molecule has 2 aromatic rings. The average molecular weight is 258 g/mol. The second-order valence-corrected chi connectivity index (χ2v) is 4.31. The van der Waals surface area contributed by atoms with Crippen LogP contribution in [0.2, 0.25) is 0 Å². The van der Waals surface area contributed by atoms with Crippen LogP contribution in [0.5, 0.6) is 0 Å². The number of H-pyrrole nitrogens is 1. The Morgan fingerprint density at radius 1 is 1.26 bits per heavy atom. The van der Waals surface area contributed by atoms with Gasteiger partial charge in [-0.05, 0) is 24.5 Å². The molecule has 0 saturated carbocycles. The molecular formula is C15H18N2O2. The lowest BCUT2D eigenvalue weighted by atomic mass is 10.1. The highest BCUT2D eigenvalue weighted by molar-refractivity contribution is 5.86. The van der Waals surface area contributed by atoms with Crippen LogP contribution in [0.3, 0.4) is 0 Å². The van der Waals surface area contributed by atoms with Gasteiger partial charge in [-0.3, -0.25) is 0 Å². The molecule has 0 bridgehead atoms. The van der Waals surface area contributed by atoms with Crippen molar-refractivity contribution in [2.24, 2.45) is 0 Å². The molecule has 0 atom stereocenters. The Morgan fingerprint density at radius 2 is 2.00 bits per heavy atom. The molecule has 4 nitrogen and oxygen atoms in total. The fourth-order valence-electron chi connectivity index (χ4n) is 1.91. The van der Waals surface area contributed by atoms with E-state index in [0.717, 1.165) is 24.1 Å². The quantitative estimate of drug-likeness (QED) is 0.838. The minimum absolute atomic E-state index is 0.245. The first kappa shape index (κ1) is 13.3. The van der Waals surface area contributed by atoms with Gasteiger partial charge in [0.25, 0.3) is 0 Å². The van der Waals surface area contributed by atoms with Crippen LogP contribution < -0.4 is 0 Å². The third kappa shape index (κ3) is 3.22. The van der Waals surface area contributed by atoms with E-state index in [4.69, 9.17) is 4.74 Å². The standard InChI is InChI=1S/C15H18N2O2/c1-3-5-11-6-8-12(9-7-11)13-10-16-14(17-13)15(18)19-4-2/h6-10H,3-5H2,1-2H3,(H,16,17). The van der Waals surface area contributed by atoms with Crippen LogP contribution in [0.15, 0.2) is 30.5 Å². The molecule has 100 valence electrons. The van der Waals surface area contributed by atoms with E-state index in [1.807, 2.05) is 12.1 Å². The van der Waals surface area contributed by atoms with Gasteiger partial charge in [-0.15, -0.1) is 0 Å². The minimum atomic E-state index is -0.420. The number of carbonyl (C=O) groups excluding carboxylic acids is 1. The van der Waals surface area contributed by atoms with E-state index in [9.17, 15) is 4.79 Å². The maximum atomic E-state index is 11.5. The van der Waals surface area contributed by atoms with Gasteiger partial charge < -0.3 is 9.72 Å². The summed E-state index contributed by atoms with van der Waals surface area (Å²) in [4.78, 5) is 18.5. The summed E-state index contributed by atoms with van der Waals surface area (Å²) in [5.74, 6) is -0.175. The van der Waals surface area contributed by atoms with E-state index in [0.29, 0.717) is 6.61 Å². The molecule has 19 heavy (non-hydrogen) atoms. The summed E-state index contributed by atoms with van der Waals surface area (Å²) in [6.07, 6.45) is 3.87. The topological polar surface area (TPSA) is 55.0 Å². The number of aryl methyl sites for hydroxylation is 1. The molecule has 0 spiro atoms. The van der Waals surface area contributed by atoms with E-state index in [-0.39, 0.29) is 5.82 Å². The molecule has 0 unspecified atom stereocenters. The van der Waals surface area contributed by atoms with Crippen LogP contribution in [0.4, 0.5) is 0 Å². The molecule has 0 fully saturated rings. The van der Waals surface area contributed by atoms with Crippen molar-refractivity contribution in [3.05, 3.63) is 41.9 Å². The number of rotatable bonds is 5. The zero-order valence-electron chi connectivity index (χ0n) is 11.3. The summed E-state index contributed by atoms with van der Waals surface area (Å²) in [5.41, 5.74) is 3.16. The molecule has 0 radical (unpaired) electrons. The smallest absolute Gasteiger partial charge is 0.374 e. The highest BCUT2D eigenvalue weighted by atomic mass is 16.5. The third-order valence-corrected chi connectivity index (χ3v) is 2.85. The number of hydrogen-bond acceptors (Lipinski definition) is 3. The van der Waals surface area contributed by atoms with Crippen LogP contribution in [0, 0.1) is 0 Å². The Labute approximate surface area is 112 Å². The number of aromatic nitrogens is 2. The number of imidazole rings is 1. The first-order valence-corrected chi connectivity index (χ1v) is 6.56. The summed E-state index contributed by atoms with van der Waals surface area (Å²) in [6, 6.07) is 8.27. The predicted molar refractivity (Wildman–Crippen MR) is 74.0 cm³/mol. The van der Waals surface area contributed by atoms with Crippen molar-refractivity contribution in [1.29, 1.82) is 0 Å². The highest BCUT2D eigenvalue weighted by Crippen LogP contribution is 2.18. The molecule has 2 rings (SSSR count). The molecule has 1 N–H and O–H groups in total. The number of ether oxygens (including phenoxy) is 1. The lowest BCUT2D eigenvalue weighted by molar-refractivity contribution is 0.0513. The van der Waals surface area contributed by atoms with Crippen molar-refractivity contribution in [3.63, 3.8) is 0 Å². The zero-order chi connectivity index (χ0) is 13.7. The zero-order valence-corrected chi connectivity index (χ0v) is 11.3. The largest absolute Gasteiger partial charge is 0.460 e. The number of esters is 1. The minimum Gasteiger partial charge on any atom is -0.460 e. The Balaban J connectivity index is 2.15. The SMILES string of the molecule is CCCc1ccc(-c2cnc(C(=O)OCC)[nH]2)cc1. The van der Waals surface area contributed by atoms with E-state index in [1.54, 1.807) is 13.1 Å². The first-order chi connectivity index (χ1) is 9.24. The molecule has 1 aromatic carbocycles. The number of hydrogen-bond donors (Lipinski definition) is 1. The van der Waals surface area contributed by atoms with Gasteiger partial charge in [0.05, 0.1) is 18.5 Å². The molecule has 0 aliphatic heterocycles. The summed E-state index contributed by atoms with van der Waals surface area (Å²) >= 11 is 0. The van der Waals surface area contributed by atoms with Crippen molar-refractivity contribution in [1.82, 2.24) is 9.97 Å². The number of nitrogens with one attached hydrogen (secondary N) is 1. The summed E-state index contributed by atoms with van der Waals surface area (Å²) in [6.45, 7) is 4.28. The van der Waals surface area contributed by atoms with Crippen molar-refractivity contribution in [3.8, 4) is 11.3 Å². The fraction of sp³-hybridized carbons (Fsp3) is 0.333. The second-order valence-electron chi connectivity index (χ2n) is 4.31. The van der Waals surface area contributed by atoms with Crippen molar-refractivity contribution < 1.29 is 9.53 Å². The van der Waals surface area contributed by atoms with Gasteiger partial charge in [-0.2, -0.15) is 0 Å². The first-order valence-electron chi connectivity index (χ1n) is 6.56.